The van der Waals surface area contributed by atoms with Crippen LogP contribution in [0, 0.1) is 11.3 Å². The highest BCUT2D eigenvalue weighted by molar-refractivity contribution is 5.97. The summed E-state index contributed by atoms with van der Waals surface area (Å²) in [4.78, 5) is 22.2. The first-order valence-electron chi connectivity index (χ1n) is 5.90. The summed E-state index contributed by atoms with van der Waals surface area (Å²) in [7, 11) is 0. The summed E-state index contributed by atoms with van der Waals surface area (Å²) in [5.41, 5.74) is 0.0260. The third-order valence-electron chi connectivity index (χ3n) is 2.24. The van der Waals surface area contributed by atoms with Crippen LogP contribution < -0.4 is 16.0 Å². The number of nitriles is 1. The van der Waals surface area contributed by atoms with Gasteiger partial charge in [0.15, 0.2) is 0 Å². The Hall–Kier alpha value is -2.03. The van der Waals surface area contributed by atoms with Gasteiger partial charge in [0.2, 0.25) is 5.91 Å². The highest BCUT2D eigenvalue weighted by Gasteiger charge is 2.10. The fourth-order valence-electron chi connectivity index (χ4n) is 1.04. The van der Waals surface area contributed by atoms with E-state index in [9.17, 15) is 9.59 Å². The van der Waals surface area contributed by atoms with Crippen LogP contribution in [-0.2, 0) is 9.59 Å². The van der Waals surface area contributed by atoms with Crippen molar-refractivity contribution in [1.29, 1.82) is 5.26 Å². The van der Waals surface area contributed by atoms with Crippen LogP contribution in [0.5, 0.6) is 0 Å². The van der Waals surface area contributed by atoms with E-state index >= 15 is 0 Å². The molecular formula is C12H20N4O2. The van der Waals surface area contributed by atoms with Crippen molar-refractivity contribution in [2.45, 2.75) is 33.2 Å². The standard InChI is InChI=1S/C12H20N4O2/c1-4-9(2)16-12(18)11(7-13)8-14-5-6-15-10(3)17/h8-9,14H,4-6H2,1-3H3,(H,15,17)(H,16,18)/b11-8-. The van der Waals surface area contributed by atoms with E-state index in [4.69, 9.17) is 5.26 Å². The molecule has 0 aliphatic rings. The molecule has 0 aromatic carbocycles. The largest absolute Gasteiger partial charge is 0.388 e. The quantitative estimate of drug-likeness (QED) is 0.338. The summed E-state index contributed by atoms with van der Waals surface area (Å²) in [5.74, 6) is -0.505. The van der Waals surface area contributed by atoms with E-state index < -0.39 is 0 Å². The smallest absolute Gasteiger partial charge is 0.263 e. The predicted octanol–water partition coefficient (Wildman–Crippen LogP) is 0.0343. The van der Waals surface area contributed by atoms with Gasteiger partial charge in [0.05, 0.1) is 0 Å². The molecule has 0 saturated heterocycles. The Morgan fingerprint density at radius 3 is 2.56 bits per heavy atom. The molecular weight excluding hydrogens is 232 g/mol. The number of rotatable bonds is 7. The van der Waals surface area contributed by atoms with E-state index in [1.165, 1.54) is 13.1 Å². The van der Waals surface area contributed by atoms with Crippen molar-refractivity contribution in [2.75, 3.05) is 13.1 Å². The van der Waals surface area contributed by atoms with Gasteiger partial charge < -0.3 is 16.0 Å². The van der Waals surface area contributed by atoms with Crippen molar-refractivity contribution in [2.24, 2.45) is 0 Å². The Bertz CT molecular complexity index is 358. The summed E-state index contributed by atoms with van der Waals surface area (Å²) in [6.45, 7) is 6.15. The molecule has 0 heterocycles. The lowest BCUT2D eigenvalue weighted by molar-refractivity contribution is -0.119. The minimum absolute atomic E-state index is 0.0260. The number of carbonyl (C=O) groups excluding carboxylic acids is 2. The Morgan fingerprint density at radius 2 is 2.06 bits per heavy atom. The van der Waals surface area contributed by atoms with Crippen molar-refractivity contribution < 1.29 is 9.59 Å². The molecule has 1 unspecified atom stereocenters. The van der Waals surface area contributed by atoms with Crippen molar-refractivity contribution in [3.8, 4) is 6.07 Å². The molecule has 0 saturated carbocycles. The predicted molar refractivity (Wildman–Crippen MR) is 68.3 cm³/mol. The van der Waals surface area contributed by atoms with Crippen LogP contribution in [0.4, 0.5) is 0 Å². The molecule has 0 bridgehead atoms. The van der Waals surface area contributed by atoms with Gasteiger partial charge in [-0.3, -0.25) is 9.59 Å². The summed E-state index contributed by atoms with van der Waals surface area (Å²) in [5, 5.41) is 16.9. The second-order valence-electron chi connectivity index (χ2n) is 3.89. The monoisotopic (exact) mass is 252 g/mol. The molecule has 0 aliphatic heterocycles. The number of carbonyl (C=O) groups is 2. The third kappa shape index (κ3) is 7.28. The van der Waals surface area contributed by atoms with Gasteiger partial charge in [-0.05, 0) is 13.3 Å². The molecule has 3 N–H and O–H groups in total. The Labute approximate surface area is 107 Å². The number of hydrogen-bond donors (Lipinski definition) is 3. The molecule has 0 aliphatic carbocycles. The van der Waals surface area contributed by atoms with Crippen LogP contribution in [0.3, 0.4) is 0 Å². The maximum Gasteiger partial charge on any atom is 0.263 e. The molecule has 0 aromatic heterocycles. The summed E-state index contributed by atoms with van der Waals surface area (Å²) in [6.07, 6.45) is 2.17. The average Bonchev–Trinajstić information content (AvgIpc) is 2.32. The van der Waals surface area contributed by atoms with Crippen LogP contribution in [0.1, 0.15) is 27.2 Å². The molecule has 6 nitrogen and oxygen atoms in total. The summed E-state index contributed by atoms with van der Waals surface area (Å²) in [6, 6.07) is 1.87. The maximum absolute atomic E-state index is 11.6. The molecule has 0 spiro atoms. The number of hydrogen-bond acceptors (Lipinski definition) is 4. The first-order valence-corrected chi connectivity index (χ1v) is 5.90. The van der Waals surface area contributed by atoms with Crippen LogP contribution in [-0.4, -0.2) is 30.9 Å². The van der Waals surface area contributed by atoms with Gasteiger partial charge >= 0.3 is 0 Å². The van der Waals surface area contributed by atoms with Gasteiger partial charge in [-0.1, -0.05) is 6.92 Å². The Kier molecular flexibility index (Phi) is 8.03. The van der Waals surface area contributed by atoms with E-state index in [2.05, 4.69) is 16.0 Å². The van der Waals surface area contributed by atoms with Crippen molar-refractivity contribution in [1.82, 2.24) is 16.0 Å². The molecule has 0 radical (unpaired) electrons. The normalized spacial score (nSPS) is 12.2. The lowest BCUT2D eigenvalue weighted by atomic mass is 10.2. The van der Waals surface area contributed by atoms with E-state index in [0.29, 0.717) is 13.1 Å². The van der Waals surface area contributed by atoms with E-state index in [1.54, 1.807) is 0 Å². The molecule has 1 atom stereocenters. The molecule has 0 fully saturated rings. The van der Waals surface area contributed by atoms with Crippen LogP contribution >= 0.6 is 0 Å². The average molecular weight is 252 g/mol. The van der Waals surface area contributed by atoms with Gasteiger partial charge in [-0.15, -0.1) is 0 Å². The topological polar surface area (TPSA) is 94.0 Å². The molecule has 18 heavy (non-hydrogen) atoms. The van der Waals surface area contributed by atoms with Crippen LogP contribution in [0.25, 0.3) is 0 Å². The van der Waals surface area contributed by atoms with Gasteiger partial charge in [0.1, 0.15) is 11.6 Å². The van der Waals surface area contributed by atoms with Crippen molar-refractivity contribution in [3.05, 3.63) is 11.8 Å². The highest BCUT2D eigenvalue weighted by atomic mass is 16.2. The fourth-order valence-corrected chi connectivity index (χ4v) is 1.04. The maximum atomic E-state index is 11.6. The van der Waals surface area contributed by atoms with Crippen molar-refractivity contribution >= 4 is 11.8 Å². The number of nitrogens with zero attached hydrogens (tertiary/aromatic N) is 1. The zero-order chi connectivity index (χ0) is 14.0. The van der Waals surface area contributed by atoms with Gasteiger partial charge in [0, 0.05) is 32.3 Å². The summed E-state index contributed by atoms with van der Waals surface area (Å²) >= 11 is 0. The lowest BCUT2D eigenvalue weighted by Gasteiger charge is -2.10. The molecule has 0 aromatic rings. The van der Waals surface area contributed by atoms with E-state index in [-0.39, 0.29) is 23.4 Å². The second-order valence-corrected chi connectivity index (χ2v) is 3.89. The summed E-state index contributed by atoms with van der Waals surface area (Å²) < 4.78 is 0. The molecule has 100 valence electrons. The second kappa shape index (κ2) is 9.05. The zero-order valence-corrected chi connectivity index (χ0v) is 11.0. The molecule has 6 heteroatoms. The molecule has 2 amide bonds. The number of amides is 2. The highest BCUT2D eigenvalue weighted by Crippen LogP contribution is 1.94. The van der Waals surface area contributed by atoms with Crippen molar-refractivity contribution in [3.63, 3.8) is 0 Å². The SMILES string of the molecule is CCC(C)NC(=O)/C(C#N)=C\NCCNC(C)=O. The Balaban J connectivity index is 4.12. The van der Waals surface area contributed by atoms with E-state index in [1.807, 2.05) is 19.9 Å². The van der Waals surface area contributed by atoms with Gasteiger partial charge in [-0.2, -0.15) is 5.26 Å². The zero-order valence-electron chi connectivity index (χ0n) is 11.0. The molecule has 0 rings (SSSR count). The third-order valence-corrected chi connectivity index (χ3v) is 2.24. The van der Waals surface area contributed by atoms with Crippen LogP contribution in [0.15, 0.2) is 11.8 Å². The minimum Gasteiger partial charge on any atom is -0.388 e. The van der Waals surface area contributed by atoms with Crippen LogP contribution in [0.2, 0.25) is 0 Å². The minimum atomic E-state index is -0.390. The fraction of sp³-hybridized carbons (Fsp3) is 0.583. The number of nitrogens with one attached hydrogen (secondary N) is 3. The first-order chi connectivity index (χ1) is 8.51. The van der Waals surface area contributed by atoms with Gasteiger partial charge in [0.25, 0.3) is 5.91 Å². The lowest BCUT2D eigenvalue weighted by Crippen LogP contribution is -2.34. The Morgan fingerprint density at radius 1 is 1.39 bits per heavy atom. The van der Waals surface area contributed by atoms with E-state index in [0.717, 1.165) is 6.42 Å². The first kappa shape index (κ1) is 16.0. The van der Waals surface area contributed by atoms with Gasteiger partial charge in [-0.25, -0.2) is 0 Å².